The summed E-state index contributed by atoms with van der Waals surface area (Å²) in [5, 5.41) is 30.1. The largest absolute Gasteiger partial charge is 0.872 e. The monoisotopic (exact) mass is 232 g/mol. The van der Waals surface area contributed by atoms with Crippen molar-refractivity contribution < 1.29 is 24.9 Å². The van der Waals surface area contributed by atoms with Crippen molar-refractivity contribution in [2.75, 3.05) is 0 Å². The summed E-state index contributed by atoms with van der Waals surface area (Å²) in [7, 11) is 0. The van der Waals surface area contributed by atoms with Gasteiger partial charge in [-0.1, -0.05) is 42.2 Å². The van der Waals surface area contributed by atoms with Crippen LogP contribution in [0.25, 0.3) is 0 Å². The number of hydrogen-bond acceptors (Lipinski definition) is 4. The maximum atomic E-state index is 11.5. The predicted molar refractivity (Wildman–Crippen MR) is 55.1 cm³/mol. The molecule has 1 aromatic carbocycles. The Hall–Kier alpha value is -2.56. The Bertz CT molecular complexity index is 499. The van der Waals surface area contributed by atoms with E-state index in [-0.39, 0.29) is 5.56 Å². The molecule has 0 bridgehead atoms. The van der Waals surface area contributed by atoms with Crippen molar-refractivity contribution in [3.05, 3.63) is 53.8 Å². The standard InChI is InChI=1S/C12H10O5/c13-9-5-2-1-4-8(9)10(14)6-3-7-11(15)12(16)17/h1-7,13,15H,(H,16,17)/p-2/b6-3-,11-7+. The van der Waals surface area contributed by atoms with Gasteiger partial charge in [-0.25, -0.2) is 4.79 Å². The highest BCUT2D eigenvalue weighted by Gasteiger charge is 2.00. The van der Waals surface area contributed by atoms with Crippen molar-refractivity contribution in [3.63, 3.8) is 0 Å². The van der Waals surface area contributed by atoms with Gasteiger partial charge in [-0.2, -0.15) is 0 Å². The van der Waals surface area contributed by atoms with Crippen LogP contribution in [-0.2, 0) is 4.79 Å². The molecule has 0 unspecified atom stereocenters. The predicted octanol–water partition coefficient (Wildman–Crippen LogP) is -0.172. The third-order valence-corrected chi connectivity index (χ3v) is 1.86. The molecule has 0 radical (unpaired) electrons. The second-order valence-electron chi connectivity index (χ2n) is 3.06. The number of carbonyl (C=O) groups is 2. The van der Waals surface area contributed by atoms with Gasteiger partial charge in [-0.05, 0) is 11.8 Å². The zero-order chi connectivity index (χ0) is 12.8. The van der Waals surface area contributed by atoms with E-state index in [1.807, 2.05) is 0 Å². The molecule has 0 saturated heterocycles. The summed E-state index contributed by atoms with van der Waals surface area (Å²) in [6.07, 6.45) is 2.72. The number of hydrogen-bond donors (Lipinski definition) is 1. The van der Waals surface area contributed by atoms with Crippen LogP contribution in [0.3, 0.4) is 0 Å². The van der Waals surface area contributed by atoms with Crippen LogP contribution in [0, 0.1) is 0 Å². The molecule has 5 heteroatoms. The summed E-state index contributed by atoms with van der Waals surface area (Å²) in [4.78, 5) is 21.6. The molecule has 5 nitrogen and oxygen atoms in total. The van der Waals surface area contributed by atoms with Crippen molar-refractivity contribution in [2.24, 2.45) is 0 Å². The molecule has 0 aromatic heterocycles. The minimum Gasteiger partial charge on any atom is -0.872 e. The van der Waals surface area contributed by atoms with Crippen LogP contribution >= 0.6 is 0 Å². The first-order valence-corrected chi connectivity index (χ1v) is 4.61. The molecular formula is C12H8O5-2. The van der Waals surface area contributed by atoms with E-state index in [0.717, 1.165) is 18.2 Å². The topological polar surface area (TPSA) is 100 Å². The van der Waals surface area contributed by atoms with Gasteiger partial charge in [0.05, 0.1) is 0 Å². The summed E-state index contributed by atoms with van der Waals surface area (Å²) in [6.45, 7) is 0. The number of benzene rings is 1. The molecule has 0 heterocycles. The van der Waals surface area contributed by atoms with E-state index < -0.39 is 23.3 Å². The van der Waals surface area contributed by atoms with Gasteiger partial charge < -0.3 is 15.3 Å². The fraction of sp³-hybridized carbons (Fsp3) is 0. The van der Waals surface area contributed by atoms with E-state index in [1.54, 1.807) is 0 Å². The Morgan fingerprint density at radius 1 is 1.24 bits per heavy atom. The van der Waals surface area contributed by atoms with Crippen LogP contribution in [0.15, 0.2) is 48.3 Å². The number of aliphatic carboxylic acids is 1. The number of carboxylic acids is 1. The van der Waals surface area contributed by atoms with Crippen LogP contribution in [0.5, 0.6) is 5.75 Å². The van der Waals surface area contributed by atoms with Crippen LogP contribution in [-0.4, -0.2) is 16.9 Å². The van der Waals surface area contributed by atoms with Gasteiger partial charge in [0.15, 0.2) is 5.78 Å². The third kappa shape index (κ3) is 3.49. The van der Waals surface area contributed by atoms with E-state index in [4.69, 9.17) is 5.11 Å². The molecular weight excluding hydrogens is 224 g/mol. The number of carboxylic acid groups (broad SMARTS) is 1. The Balaban J connectivity index is 2.81. The Morgan fingerprint density at radius 2 is 1.88 bits per heavy atom. The fourth-order valence-corrected chi connectivity index (χ4v) is 1.05. The van der Waals surface area contributed by atoms with Crippen molar-refractivity contribution in [1.29, 1.82) is 0 Å². The van der Waals surface area contributed by atoms with E-state index in [0.29, 0.717) is 0 Å². The first kappa shape index (κ1) is 12.5. The lowest BCUT2D eigenvalue weighted by Gasteiger charge is -2.09. The van der Waals surface area contributed by atoms with Gasteiger partial charge in [0.25, 0.3) is 0 Å². The lowest BCUT2D eigenvalue weighted by molar-refractivity contribution is -0.302. The molecule has 88 valence electrons. The average molecular weight is 232 g/mol. The molecule has 17 heavy (non-hydrogen) atoms. The van der Waals surface area contributed by atoms with E-state index in [1.165, 1.54) is 24.3 Å². The van der Waals surface area contributed by atoms with Crippen molar-refractivity contribution in [2.45, 2.75) is 0 Å². The van der Waals surface area contributed by atoms with E-state index in [2.05, 4.69) is 0 Å². The maximum absolute atomic E-state index is 11.5. The SMILES string of the molecule is O=C(O)/C([O-])=C\C=C/C(=O)c1ccccc1[O-]. The minimum absolute atomic E-state index is 0.0278. The fourth-order valence-electron chi connectivity index (χ4n) is 1.05. The molecule has 0 amide bonds. The van der Waals surface area contributed by atoms with Crippen LogP contribution in [0.2, 0.25) is 0 Å². The molecule has 0 spiro atoms. The van der Waals surface area contributed by atoms with Gasteiger partial charge in [0.1, 0.15) is 0 Å². The van der Waals surface area contributed by atoms with Crippen molar-refractivity contribution in [3.8, 4) is 5.75 Å². The molecule has 0 aliphatic carbocycles. The number of ketones is 1. The molecule has 0 saturated carbocycles. The minimum atomic E-state index is -1.61. The molecule has 0 aliphatic rings. The van der Waals surface area contributed by atoms with Crippen LogP contribution in [0.1, 0.15) is 10.4 Å². The normalized spacial score (nSPS) is 11.6. The van der Waals surface area contributed by atoms with Crippen molar-refractivity contribution in [1.82, 2.24) is 0 Å². The second kappa shape index (κ2) is 5.50. The van der Waals surface area contributed by atoms with Crippen LogP contribution in [0.4, 0.5) is 0 Å². The lowest BCUT2D eigenvalue weighted by atomic mass is 10.1. The smallest absolute Gasteiger partial charge is 0.320 e. The molecule has 0 aliphatic heterocycles. The maximum Gasteiger partial charge on any atom is 0.320 e. The van der Waals surface area contributed by atoms with Gasteiger partial charge in [-0.3, -0.25) is 4.79 Å². The highest BCUT2D eigenvalue weighted by Crippen LogP contribution is 2.13. The highest BCUT2D eigenvalue weighted by molar-refractivity contribution is 6.06. The molecule has 1 N–H and O–H groups in total. The zero-order valence-corrected chi connectivity index (χ0v) is 8.62. The Morgan fingerprint density at radius 3 is 2.47 bits per heavy atom. The summed E-state index contributed by atoms with van der Waals surface area (Å²) in [5.74, 6) is -3.74. The van der Waals surface area contributed by atoms with Gasteiger partial charge in [-0.15, -0.1) is 0 Å². The number of rotatable bonds is 4. The summed E-state index contributed by atoms with van der Waals surface area (Å²) in [5.41, 5.74) is -0.0278. The quantitative estimate of drug-likeness (QED) is 0.336. The second-order valence-corrected chi connectivity index (χ2v) is 3.06. The van der Waals surface area contributed by atoms with Crippen LogP contribution < -0.4 is 10.2 Å². The van der Waals surface area contributed by atoms with Gasteiger partial charge in [0.2, 0.25) is 0 Å². The highest BCUT2D eigenvalue weighted by atomic mass is 16.4. The lowest BCUT2D eigenvalue weighted by Crippen LogP contribution is -2.13. The molecule has 1 aromatic rings. The molecule has 0 atom stereocenters. The Labute approximate surface area is 96.9 Å². The van der Waals surface area contributed by atoms with E-state index in [9.17, 15) is 19.8 Å². The third-order valence-electron chi connectivity index (χ3n) is 1.86. The summed E-state index contributed by atoms with van der Waals surface area (Å²) < 4.78 is 0. The average Bonchev–Trinajstić information content (AvgIpc) is 2.29. The summed E-state index contributed by atoms with van der Waals surface area (Å²) >= 11 is 0. The first-order chi connectivity index (χ1) is 8.02. The van der Waals surface area contributed by atoms with E-state index >= 15 is 0 Å². The number of allylic oxidation sites excluding steroid dienone is 3. The number of carbonyl (C=O) groups excluding carboxylic acids is 1. The summed E-state index contributed by atoms with van der Waals surface area (Å²) in [6, 6.07) is 5.64. The first-order valence-electron chi connectivity index (χ1n) is 4.61. The molecule has 1 rings (SSSR count). The molecule has 0 fully saturated rings. The van der Waals surface area contributed by atoms with Crippen molar-refractivity contribution >= 4 is 11.8 Å². The van der Waals surface area contributed by atoms with Gasteiger partial charge in [0, 0.05) is 5.56 Å². The Kier molecular flexibility index (Phi) is 4.05. The zero-order valence-electron chi connectivity index (χ0n) is 8.62. The number of para-hydroxylation sites is 1. The van der Waals surface area contributed by atoms with Gasteiger partial charge >= 0.3 is 5.97 Å².